The second-order valence-corrected chi connectivity index (χ2v) is 5.12. The van der Waals surface area contributed by atoms with Crippen molar-refractivity contribution < 1.29 is 9.53 Å². The molecule has 1 atom stereocenters. The van der Waals surface area contributed by atoms with Crippen LogP contribution in [0, 0.1) is 6.92 Å². The Morgan fingerprint density at radius 2 is 1.90 bits per heavy atom. The molecule has 3 nitrogen and oxygen atoms in total. The van der Waals surface area contributed by atoms with Gasteiger partial charge < -0.3 is 10.1 Å². The van der Waals surface area contributed by atoms with Crippen molar-refractivity contribution >= 4 is 11.6 Å². The highest BCUT2D eigenvalue weighted by molar-refractivity contribution is 5.94. The van der Waals surface area contributed by atoms with Crippen LogP contribution in [0.15, 0.2) is 48.5 Å². The molecule has 3 heteroatoms. The van der Waals surface area contributed by atoms with E-state index < -0.39 is 6.10 Å². The van der Waals surface area contributed by atoms with Crippen LogP contribution in [0.3, 0.4) is 0 Å². The maximum Gasteiger partial charge on any atom is 0.265 e. The van der Waals surface area contributed by atoms with Crippen LogP contribution in [0.1, 0.15) is 25.0 Å². The van der Waals surface area contributed by atoms with Gasteiger partial charge in [0.1, 0.15) is 5.75 Å². The monoisotopic (exact) mass is 283 g/mol. The number of amides is 1. The maximum absolute atomic E-state index is 12.1. The minimum absolute atomic E-state index is 0.149. The van der Waals surface area contributed by atoms with Crippen LogP contribution in [-0.2, 0) is 11.2 Å². The van der Waals surface area contributed by atoms with E-state index in [1.165, 1.54) is 5.56 Å². The van der Waals surface area contributed by atoms with Gasteiger partial charge in [-0.3, -0.25) is 4.79 Å². The zero-order valence-electron chi connectivity index (χ0n) is 12.7. The second-order valence-electron chi connectivity index (χ2n) is 5.12. The van der Waals surface area contributed by atoms with Crippen molar-refractivity contribution in [3.63, 3.8) is 0 Å². The molecule has 2 rings (SSSR count). The number of hydrogen-bond donors (Lipinski definition) is 1. The summed E-state index contributed by atoms with van der Waals surface area (Å²) < 4.78 is 5.65. The number of aryl methyl sites for hydroxylation is 2. The number of rotatable bonds is 5. The highest BCUT2D eigenvalue weighted by Gasteiger charge is 2.14. The van der Waals surface area contributed by atoms with E-state index in [9.17, 15) is 4.79 Å². The predicted octanol–water partition coefficient (Wildman–Crippen LogP) is 3.96. The fourth-order valence-corrected chi connectivity index (χ4v) is 1.99. The van der Waals surface area contributed by atoms with Gasteiger partial charge in [-0.1, -0.05) is 36.8 Å². The molecular weight excluding hydrogens is 262 g/mol. The van der Waals surface area contributed by atoms with Gasteiger partial charge in [0.2, 0.25) is 0 Å². The van der Waals surface area contributed by atoms with Gasteiger partial charge in [0, 0.05) is 5.69 Å². The lowest BCUT2D eigenvalue weighted by Crippen LogP contribution is -2.30. The highest BCUT2D eigenvalue weighted by atomic mass is 16.5. The summed E-state index contributed by atoms with van der Waals surface area (Å²) in [7, 11) is 0. The number of carbonyl (C=O) groups is 1. The molecule has 0 saturated carbocycles. The number of benzene rings is 2. The van der Waals surface area contributed by atoms with E-state index in [4.69, 9.17) is 4.74 Å². The molecule has 0 saturated heterocycles. The molecule has 2 aromatic rings. The van der Waals surface area contributed by atoms with Crippen LogP contribution < -0.4 is 10.1 Å². The van der Waals surface area contributed by atoms with Crippen molar-refractivity contribution in [1.29, 1.82) is 0 Å². The van der Waals surface area contributed by atoms with E-state index in [0.29, 0.717) is 5.75 Å². The van der Waals surface area contributed by atoms with Gasteiger partial charge in [-0.05, 0) is 50.1 Å². The summed E-state index contributed by atoms with van der Waals surface area (Å²) in [5.74, 6) is 0.550. The van der Waals surface area contributed by atoms with Gasteiger partial charge in [-0.2, -0.15) is 0 Å². The Labute approximate surface area is 126 Å². The molecular formula is C18H21NO2. The standard InChI is InChI=1S/C18H21NO2/c1-4-15-6-5-7-16(12-15)19-18(20)14(3)21-17-10-8-13(2)9-11-17/h5-12,14H,4H2,1-3H3,(H,19,20). The number of ether oxygens (including phenoxy) is 1. The molecule has 1 N–H and O–H groups in total. The lowest BCUT2D eigenvalue weighted by atomic mass is 10.1. The van der Waals surface area contributed by atoms with Crippen LogP contribution in [0.25, 0.3) is 0 Å². The van der Waals surface area contributed by atoms with Crippen molar-refractivity contribution in [2.75, 3.05) is 5.32 Å². The Bertz CT molecular complexity index is 605. The molecule has 0 aromatic heterocycles. The molecule has 0 fully saturated rings. The van der Waals surface area contributed by atoms with Gasteiger partial charge >= 0.3 is 0 Å². The summed E-state index contributed by atoms with van der Waals surface area (Å²) >= 11 is 0. The Hall–Kier alpha value is -2.29. The molecule has 0 spiro atoms. The summed E-state index contributed by atoms with van der Waals surface area (Å²) in [6, 6.07) is 15.5. The SMILES string of the molecule is CCc1cccc(NC(=O)C(C)Oc2ccc(C)cc2)c1. The summed E-state index contributed by atoms with van der Waals surface area (Å²) in [4.78, 5) is 12.1. The summed E-state index contributed by atoms with van der Waals surface area (Å²) in [6.07, 6.45) is 0.400. The van der Waals surface area contributed by atoms with Crippen LogP contribution >= 0.6 is 0 Å². The van der Waals surface area contributed by atoms with Crippen molar-refractivity contribution in [3.8, 4) is 5.75 Å². The fraction of sp³-hybridized carbons (Fsp3) is 0.278. The number of anilines is 1. The molecule has 1 amide bonds. The van der Waals surface area contributed by atoms with E-state index >= 15 is 0 Å². The first kappa shape index (κ1) is 15.1. The molecule has 0 aliphatic heterocycles. The minimum Gasteiger partial charge on any atom is -0.481 e. The summed E-state index contributed by atoms with van der Waals surface area (Å²) in [6.45, 7) is 5.85. The summed E-state index contributed by atoms with van der Waals surface area (Å²) in [5, 5.41) is 2.88. The Morgan fingerprint density at radius 1 is 1.19 bits per heavy atom. The minimum atomic E-state index is -0.544. The largest absolute Gasteiger partial charge is 0.481 e. The van der Waals surface area contributed by atoms with Crippen molar-refractivity contribution in [2.24, 2.45) is 0 Å². The van der Waals surface area contributed by atoms with Gasteiger partial charge in [0.25, 0.3) is 5.91 Å². The van der Waals surface area contributed by atoms with Crippen LogP contribution in [-0.4, -0.2) is 12.0 Å². The third-order valence-electron chi connectivity index (χ3n) is 3.31. The fourth-order valence-electron chi connectivity index (χ4n) is 1.99. The number of nitrogens with one attached hydrogen (secondary N) is 1. The van der Waals surface area contributed by atoms with Crippen molar-refractivity contribution in [3.05, 3.63) is 59.7 Å². The smallest absolute Gasteiger partial charge is 0.265 e. The lowest BCUT2D eigenvalue weighted by Gasteiger charge is -2.15. The van der Waals surface area contributed by atoms with Crippen LogP contribution in [0.4, 0.5) is 5.69 Å². The van der Waals surface area contributed by atoms with E-state index in [1.54, 1.807) is 6.92 Å². The van der Waals surface area contributed by atoms with E-state index in [1.807, 2.05) is 55.5 Å². The second kappa shape index (κ2) is 6.93. The van der Waals surface area contributed by atoms with Gasteiger partial charge in [-0.25, -0.2) is 0 Å². The normalized spacial score (nSPS) is 11.8. The lowest BCUT2D eigenvalue weighted by molar-refractivity contribution is -0.122. The number of carbonyl (C=O) groups excluding carboxylic acids is 1. The van der Waals surface area contributed by atoms with E-state index in [0.717, 1.165) is 17.7 Å². The molecule has 0 aliphatic rings. The zero-order valence-corrected chi connectivity index (χ0v) is 12.7. The Morgan fingerprint density at radius 3 is 2.57 bits per heavy atom. The molecule has 1 unspecified atom stereocenters. The predicted molar refractivity (Wildman–Crippen MR) is 85.7 cm³/mol. The van der Waals surface area contributed by atoms with Gasteiger partial charge in [-0.15, -0.1) is 0 Å². The molecule has 0 bridgehead atoms. The molecule has 0 aliphatic carbocycles. The maximum atomic E-state index is 12.1. The molecule has 21 heavy (non-hydrogen) atoms. The summed E-state index contributed by atoms with van der Waals surface area (Å²) in [5.41, 5.74) is 3.16. The first-order chi connectivity index (χ1) is 10.1. The molecule has 0 radical (unpaired) electrons. The zero-order chi connectivity index (χ0) is 15.2. The first-order valence-electron chi connectivity index (χ1n) is 7.21. The Balaban J connectivity index is 1.97. The van der Waals surface area contributed by atoms with Gasteiger partial charge in [0.15, 0.2) is 6.10 Å². The average Bonchev–Trinajstić information content (AvgIpc) is 2.49. The molecule has 0 heterocycles. The Kier molecular flexibility index (Phi) is 4.99. The molecule has 2 aromatic carbocycles. The third kappa shape index (κ3) is 4.35. The van der Waals surface area contributed by atoms with E-state index in [2.05, 4.69) is 12.2 Å². The topological polar surface area (TPSA) is 38.3 Å². The van der Waals surface area contributed by atoms with Crippen LogP contribution in [0.2, 0.25) is 0 Å². The van der Waals surface area contributed by atoms with Gasteiger partial charge in [0.05, 0.1) is 0 Å². The van der Waals surface area contributed by atoms with Crippen LogP contribution in [0.5, 0.6) is 5.75 Å². The average molecular weight is 283 g/mol. The molecule has 110 valence electrons. The van der Waals surface area contributed by atoms with Crippen molar-refractivity contribution in [2.45, 2.75) is 33.3 Å². The quantitative estimate of drug-likeness (QED) is 0.902. The highest BCUT2D eigenvalue weighted by Crippen LogP contribution is 2.15. The first-order valence-corrected chi connectivity index (χ1v) is 7.21. The van der Waals surface area contributed by atoms with E-state index in [-0.39, 0.29) is 5.91 Å². The van der Waals surface area contributed by atoms with Crippen molar-refractivity contribution in [1.82, 2.24) is 0 Å². The number of hydrogen-bond acceptors (Lipinski definition) is 2. The third-order valence-corrected chi connectivity index (χ3v) is 3.31.